The number of rotatable bonds is 7. The number of fused-ring (bicyclic) bond motifs is 2. The molecular formula is C23H29N5O4S. The number of hydrogen-bond donors (Lipinski definition) is 3. The van der Waals surface area contributed by atoms with Crippen molar-refractivity contribution in [2.45, 2.75) is 50.8 Å². The number of aliphatic hydroxyl groups is 1. The van der Waals surface area contributed by atoms with Crippen LogP contribution in [-0.2, 0) is 20.9 Å². The average molecular weight is 472 g/mol. The van der Waals surface area contributed by atoms with E-state index in [0.717, 1.165) is 29.7 Å². The Morgan fingerprint density at radius 3 is 2.82 bits per heavy atom. The molecule has 3 aromatic rings. The van der Waals surface area contributed by atoms with Crippen LogP contribution in [0.15, 0.2) is 42.9 Å². The van der Waals surface area contributed by atoms with Crippen molar-refractivity contribution in [2.75, 3.05) is 11.9 Å². The average Bonchev–Trinajstić information content (AvgIpc) is 3.47. The summed E-state index contributed by atoms with van der Waals surface area (Å²) in [6, 6.07) is 10.7. The molecule has 2 aliphatic carbocycles. The van der Waals surface area contributed by atoms with Crippen LogP contribution >= 0.6 is 0 Å². The van der Waals surface area contributed by atoms with Crippen LogP contribution in [-0.4, -0.2) is 40.8 Å². The van der Waals surface area contributed by atoms with E-state index in [1.54, 1.807) is 6.33 Å². The molecular weight excluding hydrogens is 442 g/mol. The highest BCUT2D eigenvalue weighted by Crippen LogP contribution is 2.41. The predicted octanol–water partition coefficient (Wildman–Crippen LogP) is 2.70. The summed E-state index contributed by atoms with van der Waals surface area (Å²) >= 11 is 0. The summed E-state index contributed by atoms with van der Waals surface area (Å²) in [6.07, 6.45) is 6.05. The van der Waals surface area contributed by atoms with Gasteiger partial charge in [0, 0.05) is 18.2 Å². The molecule has 4 N–H and O–H groups in total. The number of benzene rings is 1. The zero-order valence-corrected chi connectivity index (χ0v) is 19.3. The van der Waals surface area contributed by atoms with Crippen LogP contribution in [0.5, 0.6) is 0 Å². The van der Waals surface area contributed by atoms with Gasteiger partial charge in [0.05, 0.1) is 24.1 Å². The molecule has 0 amide bonds. The molecule has 176 valence electrons. The highest BCUT2D eigenvalue weighted by molar-refractivity contribution is 7.84. The fourth-order valence-corrected chi connectivity index (χ4v) is 5.81. The second kappa shape index (κ2) is 8.68. The molecule has 0 bridgehead atoms. The fraction of sp³-hybridized carbons (Fsp3) is 0.478. The van der Waals surface area contributed by atoms with Gasteiger partial charge >= 0.3 is 10.3 Å². The van der Waals surface area contributed by atoms with E-state index in [0.29, 0.717) is 18.8 Å². The van der Waals surface area contributed by atoms with Gasteiger partial charge in [-0.2, -0.15) is 8.42 Å². The van der Waals surface area contributed by atoms with E-state index in [1.807, 2.05) is 16.8 Å². The number of anilines is 1. The van der Waals surface area contributed by atoms with Crippen molar-refractivity contribution >= 4 is 27.2 Å². The van der Waals surface area contributed by atoms with Gasteiger partial charge < -0.3 is 15.0 Å². The summed E-state index contributed by atoms with van der Waals surface area (Å²) in [5, 5.41) is 20.0. The van der Waals surface area contributed by atoms with Gasteiger partial charge in [-0.25, -0.2) is 15.1 Å². The zero-order chi connectivity index (χ0) is 23.2. The second-order valence-electron chi connectivity index (χ2n) is 9.11. The van der Waals surface area contributed by atoms with E-state index in [4.69, 9.17) is 9.32 Å². The molecule has 2 aliphatic rings. The van der Waals surface area contributed by atoms with E-state index < -0.39 is 16.4 Å². The van der Waals surface area contributed by atoms with Crippen molar-refractivity contribution in [1.82, 2.24) is 14.5 Å². The van der Waals surface area contributed by atoms with Gasteiger partial charge in [0.25, 0.3) is 0 Å². The van der Waals surface area contributed by atoms with Crippen molar-refractivity contribution in [3.8, 4) is 0 Å². The number of nitrogens with zero attached hydrogens (tertiary/aromatic N) is 3. The third-order valence-corrected chi connectivity index (χ3v) is 7.61. The van der Waals surface area contributed by atoms with Gasteiger partial charge in [-0.15, -0.1) is 0 Å². The SMILES string of the molecule is CC[C@@H]1Cc2ccccc2[C@@H]1Nc1ncnc2c1ccn2[C@H]1C[C@H](COS(N)(=O)=O)[C@H](O)C1. The van der Waals surface area contributed by atoms with Gasteiger partial charge in [0.2, 0.25) is 0 Å². The molecule has 33 heavy (non-hydrogen) atoms. The van der Waals surface area contributed by atoms with Gasteiger partial charge in [0.1, 0.15) is 17.8 Å². The summed E-state index contributed by atoms with van der Waals surface area (Å²) in [6.45, 7) is 2.09. The van der Waals surface area contributed by atoms with Crippen LogP contribution in [0.4, 0.5) is 5.82 Å². The molecule has 0 spiro atoms. The summed E-state index contributed by atoms with van der Waals surface area (Å²) in [7, 11) is -4.03. The van der Waals surface area contributed by atoms with Gasteiger partial charge in [0.15, 0.2) is 0 Å². The van der Waals surface area contributed by atoms with E-state index >= 15 is 0 Å². The van der Waals surface area contributed by atoms with Gasteiger partial charge in [-0.05, 0) is 42.4 Å². The molecule has 2 aromatic heterocycles. The van der Waals surface area contributed by atoms with Crippen molar-refractivity contribution in [3.05, 3.63) is 54.0 Å². The molecule has 5 atom stereocenters. The monoisotopic (exact) mass is 471 g/mol. The first kappa shape index (κ1) is 22.3. The van der Waals surface area contributed by atoms with Gasteiger partial charge in [-0.1, -0.05) is 37.6 Å². The summed E-state index contributed by atoms with van der Waals surface area (Å²) in [5.74, 6) is 0.983. The normalized spacial score (nSPS) is 27.2. The lowest BCUT2D eigenvalue weighted by Gasteiger charge is -2.22. The predicted molar refractivity (Wildman–Crippen MR) is 125 cm³/mol. The second-order valence-corrected chi connectivity index (χ2v) is 10.3. The maximum absolute atomic E-state index is 11.1. The van der Waals surface area contributed by atoms with Crippen LogP contribution in [0.1, 0.15) is 49.4 Å². The van der Waals surface area contributed by atoms with Gasteiger partial charge in [-0.3, -0.25) is 4.18 Å². The standard InChI is InChI=1S/C23H29N5O4S/c1-2-14-9-15-5-3-4-6-18(15)21(14)27-22-19-7-8-28(23(19)26-13-25-22)17-10-16(20(29)11-17)12-32-33(24,30)31/h3-8,13-14,16-17,20-21,29H,2,9-12H2,1H3,(H2,24,30,31)(H,25,26,27)/t14-,16-,17+,20-,21-/m1/s1. The number of nitrogens with one attached hydrogen (secondary N) is 1. The molecule has 0 saturated heterocycles. The van der Waals surface area contributed by atoms with Crippen molar-refractivity contribution < 1.29 is 17.7 Å². The Hall–Kier alpha value is -2.53. The van der Waals surface area contributed by atoms with Crippen LogP contribution in [0.25, 0.3) is 11.0 Å². The molecule has 1 saturated carbocycles. The number of hydrogen-bond acceptors (Lipinski definition) is 7. The Kier molecular flexibility index (Phi) is 5.86. The van der Waals surface area contributed by atoms with Crippen LogP contribution in [0.3, 0.4) is 0 Å². The lowest BCUT2D eigenvalue weighted by molar-refractivity contribution is 0.100. The largest absolute Gasteiger partial charge is 0.393 e. The maximum atomic E-state index is 11.1. The Bertz CT molecular complexity index is 1260. The highest BCUT2D eigenvalue weighted by atomic mass is 32.2. The Labute approximate surface area is 193 Å². The van der Waals surface area contributed by atoms with Crippen molar-refractivity contribution in [2.24, 2.45) is 17.0 Å². The fourth-order valence-electron chi connectivity index (χ4n) is 5.44. The number of aliphatic hydroxyl groups excluding tert-OH is 1. The topological polar surface area (TPSA) is 132 Å². The minimum Gasteiger partial charge on any atom is -0.393 e. The lowest BCUT2D eigenvalue weighted by atomic mass is 9.98. The molecule has 5 rings (SSSR count). The maximum Gasteiger partial charge on any atom is 0.333 e. The van der Waals surface area contributed by atoms with E-state index in [2.05, 4.69) is 46.5 Å². The molecule has 1 aromatic carbocycles. The summed E-state index contributed by atoms with van der Waals surface area (Å²) in [5.41, 5.74) is 3.50. The highest BCUT2D eigenvalue weighted by Gasteiger charge is 2.36. The van der Waals surface area contributed by atoms with Crippen LogP contribution in [0, 0.1) is 11.8 Å². The quantitative estimate of drug-likeness (QED) is 0.483. The van der Waals surface area contributed by atoms with E-state index in [9.17, 15) is 13.5 Å². The summed E-state index contributed by atoms with van der Waals surface area (Å²) < 4.78 is 29.0. The minimum atomic E-state index is -4.03. The smallest absolute Gasteiger partial charge is 0.333 e. The third kappa shape index (κ3) is 4.35. The molecule has 0 unspecified atom stereocenters. The third-order valence-electron chi connectivity index (χ3n) is 7.14. The first-order valence-electron chi connectivity index (χ1n) is 11.3. The van der Waals surface area contributed by atoms with E-state index in [1.165, 1.54) is 11.1 Å². The number of nitrogens with two attached hydrogens (primary N) is 1. The first-order valence-corrected chi connectivity index (χ1v) is 12.8. The molecule has 9 nitrogen and oxygen atoms in total. The zero-order valence-electron chi connectivity index (χ0n) is 18.5. The van der Waals surface area contributed by atoms with Crippen LogP contribution in [0.2, 0.25) is 0 Å². The molecule has 10 heteroatoms. The Morgan fingerprint density at radius 1 is 1.21 bits per heavy atom. The molecule has 0 aliphatic heterocycles. The molecule has 1 fully saturated rings. The Morgan fingerprint density at radius 2 is 2.03 bits per heavy atom. The molecule has 2 heterocycles. The lowest BCUT2D eigenvalue weighted by Crippen LogP contribution is -2.24. The number of aromatic nitrogens is 3. The molecule has 0 radical (unpaired) electrons. The van der Waals surface area contributed by atoms with Crippen LogP contribution < -0.4 is 10.5 Å². The van der Waals surface area contributed by atoms with Crippen molar-refractivity contribution in [1.29, 1.82) is 0 Å². The van der Waals surface area contributed by atoms with Crippen molar-refractivity contribution in [3.63, 3.8) is 0 Å². The minimum absolute atomic E-state index is 0.0232. The van der Waals surface area contributed by atoms with E-state index in [-0.39, 0.29) is 24.6 Å². The Balaban J connectivity index is 1.39. The summed E-state index contributed by atoms with van der Waals surface area (Å²) in [4.78, 5) is 9.08. The first-order chi connectivity index (χ1) is 15.8.